The fourth-order valence-corrected chi connectivity index (χ4v) is 2.07. The monoisotopic (exact) mass is 263 g/mol. The molecule has 0 spiro atoms. The molecule has 0 fully saturated rings. The first-order valence-electron chi connectivity index (χ1n) is 6.20. The van der Waals surface area contributed by atoms with Crippen LogP contribution in [0.3, 0.4) is 0 Å². The van der Waals surface area contributed by atoms with Gasteiger partial charge in [0.15, 0.2) is 0 Å². The number of hydrogen-bond acceptors (Lipinski definition) is 3. The van der Waals surface area contributed by atoms with Gasteiger partial charge in [0, 0.05) is 24.4 Å². The molecule has 0 aliphatic heterocycles. The maximum Gasteiger partial charge on any atom is 0.124 e. The first-order chi connectivity index (χ1) is 8.74. The number of ether oxygens (including phenoxy) is 1. The Morgan fingerprint density at radius 3 is 2.89 bits per heavy atom. The van der Waals surface area contributed by atoms with E-state index in [0.717, 1.165) is 30.3 Å². The summed E-state index contributed by atoms with van der Waals surface area (Å²) < 4.78 is 5.77. The Balaban J connectivity index is 2.35. The average molecular weight is 263 g/mol. The van der Waals surface area contributed by atoms with E-state index in [-0.39, 0.29) is 6.10 Å². The summed E-state index contributed by atoms with van der Waals surface area (Å²) in [5.41, 5.74) is 1.20. The van der Waals surface area contributed by atoms with Crippen molar-refractivity contribution >= 4 is 11.8 Å². The van der Waals surface area contributed by atoms with Gasteiger partial charge in [-0.15, -0.1) is 18.2 Å². The molecule has 0 aliphatic carbocycles. The Hall–Kier alpha value is -1.11. The van der Waals surface area contributed by atoms with E-state index in [0.29, 0.717) is 0 Å². The summed E-state index contributed by atoms with van der Waals surface area (Å²) in [7, 11) is 0. The zero-order valence-electron chi connectivity index (χ0n) is 11.1. The molecular weight excluding hydrogens is 242 g/mol. The minimum absolute atomic E-state index is 0.206. The van der Waals surface area contributed by atoms with E-state index in [4.69, 9.17) is 11.2 Å². The summed E-state index contributed by atoms with van der Waals surface area (Å²) >= 11 is 1.77. The molecule has 0 heterocycles. The molecule has 0 radical (unpaired) electrons. The van der Waals surface area contributed by atoms with Gasteiger partial charge in [0.25, 0.3) is 0 Å². The van der Waals surface area contributed by atoms with Gasteiger partial charge in [-0.05, 0) is 19.9 Å². The zero-order valence-corrected chi connectivity index (χ0v) is 11.9. The van der Waals surface area contributed by atoms with Crippen LogP contribution in [0.2, 0.25) is 0 Å². The molecule has 0 bridgehead atoms. The minimum atomic E-state index is 0.206. The first kappa shape index (κ1) is 14.9. The van der Waals surface area contributed by atoms with Gasteiger partial charge in [-0.3, -0.25) is 0 Å². The molecule has 0 amide bonds. The topological polar surface area (TPSA) is 21.3 Å². The second kappa shape index (κ2) is 8.91. The summed E-state index contributed by atoms with van der Waals surface area (Å²) in [4.78, 5) is 0. The van der Waals surface area contributed by atoms with Gasteiger partial charge in [-0.1, -0.05) is 24.1 Å². The Bertz CT molecular complexity index is 384. The summed E-state index contributed by atoms with van der Waals surface area (Å²) in [5, 5.41) is 3.40. The van der Waals surface area contributed by atoms with E-state index in [2.05, 4.69) is 17.3 Å². The number of para-hydroxylation sites is 1. The third kappa shape index (κ3) is 6.00. The number of rotatable bonds is 8. The molecule has 1 aromatic carbocycles. The SMILES string of the molecule is C#CCSCCNCc1ccccc1OC(C)C. The number of nitrogens with one attached hydrogen (secondary N) is 1. The van der Waals surface area contributed by atoms with Gasteiger partial charge < -0.3 is 10.1 Å². The highest BCUT2D eigenvalue weighted by molar-refractivity contribution is 7.99. The molecule has 18 heavy (non-hydrogen) atoms. The van der Waals surface area contributed by atoms with Crippen LogP contribution in [0.1, 0.15) is 19.4 Å². The molecule has 0 atom stereocenters. The van der Waals surface area contributed by atoms with Crippen molar-refractivity contribution in [2.45, 2.75) is 26.5 Å². The van der Waals surface area contributed by atoms with Crippen LogP contribution in [0.5, 0.6) is 5.75 Å². The van der Waals surface area contributed by atoms with E-state index < -0.39 is 0 Å². The molecule has 0 aliphatic rings. The lowest BCUT2D eigenvalue weighted by atomic mass is 10.2. The quantitative estimate of drug-likeness (QED) is 0.575. The lowest BCUT2D eigenvalue weighted by molar-refractivity contribution is 0.239. The van der Waals surface area contributed by atoms with E-state index >= 15 is 0 Å². The van der Waals surface area contributed by atoms with E-state index in [9.17, 15) is 0 Å². The van der Waals surface area contributed by atoms with Crippen LogP contribution in [-0.2, 0) is 6.54 Å². The Kier molecular flexibility index (Phi) is 7.40. The van der Waals surface area contributed by atoms with Gasteiger partial charge in [0.05, 0.1) is 11.9 Å². The van der Waals surface area contributed by atoms with E-state index in [1.807, 2.05) is 32.0 Å². The fourth-order valence-electron chi connectivity index (χ4n) is 1.52. The van der Waals surface area contributed by atoms with Crippen molar-refractivity contribution in [2.75, 3.05) is 18.1 Å². The molecule has 3 heteroatoms. The van der Waals surface area contributed by atoms with Crippen LogP contribution >= 0.6 is 11.8 Å². The maximum absolute atomic E-state index is 5.77. The van der Waals surface area contributed by atoms with Crippen molar-refractivity contribution < 1.29 is 4.74 Å². The lowest BCUT2D eigenvalue weighted by Crippen LogP contribution is -2.18. The Labute approximate surface area is 115 Å². The van der Waals surface area contributed by atoms with Crippen molar-refractivity contribution in [3.8, 4) is 18.1 Å². The first-order valence-corrected chi connectivity index (χ1v) is 7.36. The highest BCUT2D eigenvalue weighted by Crippen LogP contribution is 2.18. The second-order valence-corrected chi connectivity index (χ2v) is 5.31. The van der Waals surface area contributed by atoms with Crippen LogP contribution in [0.25, 0.3) is 0 Å². The number of benzene rings is 1. The van der Waals surface area contributed by atoms with Crippen molar-refractivity contribution in [1.29, 1.82) is 0 Å². The average Bonchev–Trinajstić information content (AvgIpc) is 2.35. The highest BCUT2D eigenvalue weighted by atomic mass is 32.2. The summed E-state index contributed by atoms with van der Waals surface area (Å²) in [6.07, 6.45) is 5.40. The molecule has 1 rings (SSSR count). The Morgan fingerprint density at radius 2 is 2.17 bits per heavy atom. The molecule has 0 aromatic heterocycles. The molecular formula is C15H21NOS. The standard InChI is InChI=1S/C15H21NOS/c1-4-10-18-11-9-16-12-14-7-5-6-8-15(14)17-13(2)3/h1,5-8,13,16H,9-12H2,2-3H3. The van der Waals surface area contributed by atoms with Crippen molar-refractivity contribution in [3.05, 3.63) is 29.8 Å². The molecule has 0 saturated heterocycles. The van der Waals surface area contributed by atoms with Crippen molar-refractivity contribution in [1.82, 2.24) is 5.32 Å². The number of thioether (sulfide) groups is 1. The third-order valence-corrected chi connectivity index (χ3v) is 3.12. The summed E-state index contributed by atoms with van der Waals surface area (Å²) in [6.45, 7) is 5.88. The Morgan fingerprint density at radius 1 is 1.39 bits per heavy atom. The van der Waals surface area contributed by atoms with Gasteiger partial charge >= 0.3 is 0 Å². The van der Waals surface area contributed by atoms with Gasteiger partial charge in [-0.25, -0.2) is 0 Å². The molecule has 2 nitrogen and oxygen atoms in total. The molecule has 0 unspecified atom stereocenters. The second-order valence-electron chi connectivity index (χ2n) is 4.21. The zero-order chi connectivity index (χ0) is 13.2. The predicted molar refractivity (Wildman–Crippen MR) is 80.1 cm³/mol. The normalized spacial score (nSPS) is 10.3. The van der Waals surface area contributed by atoms with E-state index in [1.54, 1.807) is 11.8 Å². The fraction of sp³-hybridized carbons (Fsp3) is 0.467. The third-order valence-electron chi connectivity index (χ3n) is 2.26. The predicted octanol–water partition coefficient (Wildman–Crippen LogP) is 2.93. The van der Waals surface area contributed by atoms with Gasteiger partial charge in [-0.2, -0.15) is 0 Å². The van der Waals surface area contributed by atoms with Crippen molar-refractivity contribution in [2.24, 2.45) is 0 Å². The number of hydrogen-bond donors (Lipinski definition) is 1. The van der Waals surface area contributed by atoms with Gasteiger partial charge in [0.1, 0.15) is 5.75 Å². The number of terminal acetylenes is 1. The molecule has 0 saturated carbocycles. The smallest absolute Gasteiger partial charge is 0.124 e. The van der Waals surface area contributed by atoms with Crippen molar-refractivity contribution in [3.63, 3.8) is 0 Å². The molecule has 1 aromatic rings. The van der Waals surface area contributed by atoms with Crippen LogP contribution in [-0.4, -0.2) is 24.2 Å². The van der Waals surface area contributed by atoms with Crippen LogP contribution in [0, 0.1) is 12.3 Å². The largest absolute Gasteiger partial charge is 0.491 e. The molecule has 98 valence electrons. The lowest BCUT2D eigenvalue weighted by Gasteiger charge is -2.14. The molecule has 1 N–H and O–H groups in total. The van der Waals surface area contributed by atoms with Crippen LogP contribution < -0.4 is 10.1 Å². The summed E-state index contributed by atoms with van der Waals surface area (Å²) in [6, 6.07) is 8.16. The summed E-state index contributed by atoms with van der Waals surface area (Å²) in [5.74, 6) is 5.42. The maximum atomic E-state index is 5.77. The van der Waals surface area contributed by atoms with Crippen LogP contribution in [0.15, 0.2) is 24.3 Å². The van der Waals surface area contributed by atoms with E-state index in [1.165, 1.54) is 5.56 Å². The highest BCUT2D eigenvalue weighted by Gasteiger charge is 2.03. The van der Waals surface area contributed by atoms with Crippen LogP contribution in [0.4, 0.5) is 0 Å². The van der Waals surface area contributed by atoms with Gasteiger partial charge in [0.2, 0.25) is 0 Å². The minimum Gasteiger partial charge on any atom is -0.491 e.